The number of carboxylic acids is 1. The van der Waals surface area contributed by atoms with Gasteiger partial charge in [-0.05, 0) is 33.6 Å². The van der Waals surface area contributed by atoms with E-state index in [1.807, 2.05) is 20.8 Å². The molecule has 5 nitrogen and oxygen atoms in total. The molecular weight excluding hydrogens is 220 g/mol. The molecule has 0 atom stereocenters. The van der Waals surface area contributed by atoms with Crippen LogP contribution < -0.4 is 5.73 Å². The first-order valence-corrected chi connectivity index (χ1v) is 5.99. The number of carbonyl (C=O) groups excluding carboxylic acids is 1. The van der Waals surface area contributed by atoms with E-state index >= 15 is 0 Å². The van der Waals surface area contributed by atoms with Crippen molar-refractivity contribution < 1.29 is 14.7 Å². The van der Waals surface area contributed by atoms with E-state index < -0.39 is 17.0 Å². The quantitative estimate of drug-likeness (QED) is 0.772. The number of rotatable bonds is 3. The van der Waals surface area contributed by atoms with Gasteiger partial charge in [0.15, 0.2) is 0 Å². The van der Waals surface area contributed by atoms with Crippen molar-refractivity contribution in [1.29, 1.82) is 0 Å². The van der Waals surface area contributed by atoms with Crippen LogP contribution in [0.1, 0.15) is 46.5 Å². The lowest BCUT2D eigenvalue weighted by atomic mass is 9.94. The summed E-state index contributed by atoms with van der Waals surface area (Å²) in [5, 5.41) is 8.89. The van der Waals surface area contributed by atoms with Crippen LogP contribution in [0, 0.1) is 0 Å². The zero-order chi connectivity index (χ0) is 13.3. The van der Waals surface area contributed by atoms with Gasteiger partial charge in [-0.3, -0.25) is 9.59 Å². The zero-order valence-corrected chi connectivity index (χ0v) is 10.8. The minimum atomic E-state index is -1.00. The Balaban J connectivity index is 2.90. The molecule has 0 saturated heterocycles. The van der Waals surface area contributed by atoms with Gasteiger partial charge >= 0.3 is 5.97 Å². The van der Waals surface area contributed by atoms with Crippen LogP contribution in [-0.2, 0) is 9.59 Å². The minimum Gasteiger partial charge on any atom is -0.480 e. The number of hydrogen-bond donors (Lipinski definition) is 2. The Morgan fingerprint density at radius 2 is 1.76 bits per heavy atom. The maximum Gasteiger partial charge on any atom is 0.323 e. The topological polar surface area (TPSA) is 83.6 Å². The van der Waals surface area contributed by atoms with E-state index in [0.29, 0.717) is 12.8 Å². The van der Waals surface area contributed by atoms with Gasteiger partial charge < -0.3 is 15.7 Å². The standard InChI is InChI=1S/C12H22N2O3/c1-11(2,3)14(8-9(15)16)10(17)12(13)6-4-5-7-12/h4-8,13H2,1-3H3,(H,15,16). The highest BCUT2D eigenvalue weighted by atomic mass is 16.4. The van der Waals surface area contributed by atoms with Crippen LogP contribution in [-0.4, -0.2) is 39.5 Å². The van der Waals surface area contributed by atoms with Gasteiger partial charge in [0, 0.05) is 5.54 Å². The molecule has 0 aliphatic heterocycles. The Bertz CT molecular complexity index is 314. The van der Waals surface area contributed by atoms with Crippen molar-refractivity contribution in [2.75, 3.05) is 6.54 Å². The molecule has 1 rings (SSSR count). The van der Waals surface area contributed by atoms with Crippen LogP contribution in [0.25, 0.3) is 0 Å². The predicted octanol–water partition coefficient (Wildman–Crippen LogP) is 0.970. The van der Waals surface area contributed by atoms with Crippen LogP contribution in [0.5, 0.6) is 0 Å². The smallest absolute Gasteiger partial charge is 0.323 e. The van der Waals surface area contributed by atoms with E-state index in [9.17, 15) is 9.59 Å². The highest BCUT2D eigenvalue weighted by molar-refractivity contribution is 5.89. The molecule has 0 aromatic carbocycles. The van der Waals surface area contributed by atoms with Crippen molar-refractivity contribution in [2.45, 2.75) is 57.5 Å². The monoisotopic (exact) mass is 242 g/mol. The molecule has 0 heterocycles. The molecule has 1 saturated carbocycles. The summed E-state index contributed by atoms with van der Waals surface area (Å²) < 4.78 is 0. The number of carbonyl (C=O) groups is 2. The molecule has 1 amide bonds. The third kappa shape index (κ3) is 3.19. The van der Waals surface area contributed by atoms with E-state index in [-0.39, 0.29) is 12.5 Å². The van der Waals surface area contributed by atoms with Crippen LogP contribution >= 0.6 is 0 Å². The fourth-order valence-electron chi connectivity index (χ4n) is 2.24. The van der Waals surface area contributed by atoms with Crippen molar-refractivity contribution >= 4 is 11.9 Å². The van der Waals surface area contributed by atoms with Gasteiger partial charge in [-0.25, -0.2) is 0 Å². The van der Waals surface area contributed by atoms with Gasteiger partial charge in [0.05, 0.1) is 5.54 Å². The second-order valence-corrected chi connectivity index (χ2v) is 5.82. The lowest BCUT2D eigenvalue weighted by molar-refractivity contribution is -0.151. The number of aliphatic carboxylic acids is 1. The molecule has 5 heteroatoms. The fraction of sp³-hybridized carbons (Fsp3) is 0.833. The normalized spacial score (nSPS) is 19.1. The van der Waals surface area contributed by atoms with E-state index in [1.54, 1.807) is 0 Å². The minimum absolute atomic E-state index is 0.232. The second kappa shape index (κ2) is 4.64. The first kappa shape index (κ1) is 14.0. The summed E-state index contributed by atoms with van der Waals surface area (Å²) in [6.45, 7) is 5.19. The zero-order valence-electron chi connectivity index (χ0n) is 10.8. The molecule has 0 unspecified atom stereocenters. The molecule has 0 bridgehead atoms. The van der Waals surface area contributed by atoms with Crippen LogP contribution in [0.3, 0.4) is 0 Å². The lowest BCUT2D eigenvalue weighted by Gasteiger charge is -2.39. The molecular formula is C12H22N2O3. The van der Waals surface area contributed by atoms with Crippen LogP contribution in [0.15, 0.2) is 0 Å². The van der Waals surface area contributed by atoms with E-state index in [4.69, 9.17) is 10.8 Å². The van der Waals surface area contributed by atoms with Gasteiger partial charge in [-0.15, -0.1) is 0 Å². The van der Waals surface area contributed by atoms with Gasteiger partial charge in [0.2, 0.25) is 5.91 Å². The maximum absolute atomic E-state index is 12.4. The van der Waals surface area contributed by atoms with Crippen molar-refractivity contribution in [2.24, 2.45) is 5.73 Å². The van der Waals surface area contributed by atoms with E-state index in [1.165, 1.54) is 4.90 Å². The van der Waals surface area contributed by atoms with Gasteiger partial charge in [-0.1, -0.05) is 12.8 Å². The van der Waals surface area contributed by atoms with E-state index in [2.05, 4.69) is 0 Å². The summed E-state index contributed by atoms with van der Waals surface area (Å²) in [5.74, 6) is -1.24. The average molecular weight is 242 g/mol. The third-order valence-corrected chi connectivity index (χ3v) is 3.27. The molecule has 1 fully saturated rings. The Morgan fingerprint density at radius 1 is 1.29 bits per heavy atom. The summed E-state index contributed by atoms with van der Waals surface area (Å²) in [6.07, 6.45) is 3.18. The van der Waals surface area contributed by atoms with Crippen LogP contribution in [0.4, 0.5) is 0 Å². The predicted molar refractivity (Wildman–Crippen MR) is 64.5 cm³/mol. The number of nitrogens with zero attached hydrogens (tertiary/aromatic N) is 1. The number of carboxylic acid groups (broad SMARTS) is 1. The Morgan fingerprint density at radius 3 is 2.12 bits per heavy atom. The van der Waals surface area contributed by atoms with Crippen molar-refractivity contribution in [1.82, 2.24) is 4.90 Å². The number of amides is 1. The molecule has 0 radical (unpaired) electrons. The van der Waals surface area contributed by atoms with Crippen molar-refractivity contribution in [3.05, 3.63) is 0 Å². The summed E-state index contributed by atoms with van der Waals surface area (Å²) in [6, 6.07) is 0. The maximum atomic E-state index is 12.4. The highest BCUT2D eigenvalue weighted by Crippen LogP contribution is 2.31. The second-order valence-electron chi connectivity index (χ2n) is 5.82. The first-order valence-electron chi connectivity index (χ1n) is 5.99. The Hall–Kier alpha value is -1.10. The Labute approximate surface area is 102 Å². The molecule has 3 N–H and O–H groups in total. The van der Waals surface area contributed by atoms with Gasteiger partial charge in [0.25, 0.3) is 0 Å². The average Bonchev–Trinajstić information content (AvgIpc) is 2.60. The molecule has 98 valence electrons. The molecule has 0 aromatic heterocycles. The SMILES string of the molecule is CC(C)(C)N(CC(=O)O)C(=O)C1(N)CCCC1. The number of nitrogens with two attached hydrogens (primary N) is 1. The van der Waals surface area contributed by atoms with Crippen LogP contribution in [0.2, 0.25) is 0 Å². The largest absolute Gasteiger partial charge is 0.480 e. The van der Waals surface area contributed by atoms with Crippen molar-refractivity contribution in [3.8, 4) is 0 Å². The van der Waals surface area contributed by atoms with Crippen molar-refractivity contribution in [3.63, 3.8) is 0 Å². The fourth-order valence-corrected chi connectivity index (χ4v) is 2.24. The van der Waals surface area contributed by atoms with Gasteiger partial charge in [-0.2, -0.15) is 0 Å². The summed E-state index contributed by atoms with van der Waals surface area (Å²) in [5.41, 5.74) is 4.71. The molecule has 1 aliphatic rings. The molecule has 1 aliphatic carbocycles. The summed E-state index contributed by atoms with van der Waals surface area (Å²) >= 11 is 0. The number of hydrogen-bond acceptors (Lipinski definition) is 3. The summed E-state index contributed by atoms with van der Waals surface area (Å²) in [7, 11) is 0. The third-order valence-electron chi connectivity index (χ3n) is 3.27. The molecule has 0 aromatic rings. The highest BCUT2D eigenvalue weighted by Gasteiger charge is 2.43. The molecule has 17 heavy (non-hydrogen) atoms. The Kier molecular flexibility index (Phi) is 3.81. The summed E-state index contributed by atoms with van der Waals surface area (Å²) in [4.78, 5) is 24.6. The first-order chi connectivity index (χ1) is 7.67. The van der Waals surface area contributed by atoms with E-state index in [0.717, 1.165) is 12.8 Å². The lowest BCUT2D eigenvalue weighted by Crippen LogP contribution is -2.59. The molecule has 0 spiro atoms. The van der Waals surface area contributed by atoms with Gasteiger partial charge in [0.1, 0.15) is 6.54 Å².